The van der Waals surface area contributed by atoms with Gasteiger partial charge in [-0.15, -0.1) is 0 Å². The van der Waals surface area contributed by atoms with E-state index in [1.807, 2.05) is 0 Å². The highest BCUT2D eigenvalue weighted by atomic mass is 35.5. The lowest BCUT2D eigenvalue weighted by molar-refractivity contribution is -0.167. The van der Waals surface area contributed by atoms with Gasteiger partial charge in [-0.3, -0.25) is 29.0 Å². The third-order valence-corrected chi connectivity index (χ3v) is 6.93. The lowest BCUT2D eigenvalue weighted by Crippen LogP contribution is -2.58. The van der Waals surface area contributed by atoms with Gasteiger partial charge in [-0.05, 0) is 48.5 Å². The Morgan fingerprint density at radius 3 is 1.20 bits per heavy atom. The standard InChI is InChI=1S/C28H28Cl2N4O10/c29-19-1-5-21(6-2-19)41-15-27(39)43-17-33-23(35)11-31(12-24(33)36)9-10-32-13-25(37)34(26(38)14-32)18-44-28(40)16-42-22-7-3-20(30)4-8-22/h1-8H,9-18H2. The van der Waals surface area contributed by atoms with Crippen molar-refractivity contribution >= 4 is 58.8 Å². The number of imide groups is 2. The summed E-state index contributed by atoms with van der Waals surface area (Å²) in [5, 5.41) is 1.02. The Kier molecular flexibility index (Phi) is 11.5. The zero-order valence-corrected chi connectivity index (χ0v) is 24.8. The number of hydrogen-bond donors (Lipinski definition) is 0. The Bertz CT molecular complexity index is 1250. The third kappa shape index (κ3) is 9.64. The molecule has 0 saturated carbocycles. The van der Waals surface area contributed by atoms with E-state index in [0.717, 1.165) is 9.80 Å². The molecule has 44 heavy (non-hydrogen) atoms. The van der Waals surface area contributed by atoms with E-state index in [4.69, 9.17) is 42.1 Å². The summed E-state index contributed by atoms with van der Waals surface area (Å²) in [5.74, 6) is -2.99. The molecule has 2 aliphatic heterocycles. The van der Waals surface area contributed by atoms with E-state index >= 15 is 0 Å². The van der Waals surface area contributed by atoms with E-state index in [1.165, 1.54) is 0 Å². The maximum atomic E-state index is 12.5. The van der Waals surface area contributed by atoms with Crippen LogP contribution in [0.3, 0.4) is 0 Å². The lowest BCUT2D eigenvalue weighted by atomic mass is 10.2. The summed E-state index contributed by atoms with van der Waals surface area (Å²) in [6.45, 7) is -1.99. The van der Waals surface area contributed by atoms with Crippen molar-refractivity contribution in [3.63, 3.8) is 0 Å². The van der Waals surface area contributed by atoms with Crippen LogP contribution in [-0.4, -0.2) is 121 Å². The van der Waals surface area contributed by atoms with Crippen LogP contribution >= 0.6 is 23.2 Å². The van der Waals surface area contributed by atoms with Crippen molar-refractivity contribution in [2.24, 2.45) is 0 Å². The van der Waals surface area contributed by atoms with Crippen LogP contribution in [0.1, 0.15) is 0 Å². The van der Waals surface area contributed by atoms with Gasteiger partial charge in [0, 0.05) is 23.1 Å². The van der Waals surface area contributed by atoms with Gasteiger partial charge >= 0.3 is 11.9 Å². The Balaban J connectivity index is 1.13. The highest BCUT2D eigenvalue weighted by molar-refractivity contribution is 6.30. The van der Waals surface area contributed by atoms with Gasteiger partial charge in [0.1, 0.15) is 11.5 Å². The van der Waals surface area contributed by atoms with Gasteiger partial charge in [0.15, 0.2) is 26.7 Å². The molecular weight excluding hydrogens is 623 g/mol. The fraction of sp³-hybridized carbons (Fsp3) is 0.357. The molecule has 2 aliphatic rings. The Hall–Kier alpha value is -4.24. The predicted molar refractivity (Wildman–Crippen MR) is 152 cm³/mol. The molecule has 0 bridgehead atoms. The number of rotatable bonds is 13. The first-order chi connectivity index (χ1) is 21.1. The molecular formula is C28H28Cl2N4O10. The molecule has 2 aromatic rings. The number of amides is 4. The van der Waals surface area contributed by atoms with E-state index in [1.54, 1.807) is 58.3 Å². The molecule has 16 heteroatoms. The van der Waals surface area contributed by atoms with Crippen molar-refractivity contribution in [2.75, 3.05) is 65.9 Å². The summed E-state index contributed by atoms with van der Waals surface area (Å²) in [7, 11) is 0. The maximum absolute atomic E-state index is 12.5. The van der Waals surface area contributed by atoms with Crippen LogP contribution in [0.2, 0.25) is 10.0 Å². The first kappa shape index (κ1) is 32.7. The number of piperazine rings is 2. The smallest absolute Gasteiger partial charge is 0.345 e. The highest BCUT2D eigenvalue weighted by Crippen LogP contribution is 2.17. The third-order valence-electron chi connectivity index (χ3n) is 6.42. The van der Waals surface area contributed by atoms with Crippen LogP contribution in [0.5, 0.6) is 11.5 Å². The van der Waals surface area contributed by atoms with E-state index in [2.05, 4.69) is 0 Å². The molecule has 0 aromatic heterocycles. The Morgan fingerprint density at radius 2 is 0.886 bits per heavy atom. The molecule has 0 aliphatic carbocycles. The van der Waals surface area contributed by atoms with Gasteiger partial charge in [0.25, 0.3) is 0 Å². The molecule has 234 valence electrons. The van der Waals surface area contributed by atoms with Crippen LogP contribution in [-0.2, 0) is 38.2 Å². The number of halogens is 2. The minimum Gasteiger partial charge on any atom is -0.482 e. The second kappa shape index (κ2) is 15.5. The normalized spacial score (nSPS) is 16.2. The molecule has 2 fully saturated rings. The first-order valence-electron chi connectivity index (χ1n) is 13.3. The molecule has 2 saturated heterocycles. The van der Waals surface area contributed by atoms with E-state index in [0.29, 0.717) is 21.5 Å². The molecule has 4 amide bonds. The van der Waals surface area contributed by atoms with Crippen molar-refractivity contribution in [2.45, 2.75) is 0 Å². The van der Waals surface area contributed by atoms with Crippen molar-refractivity contribution in [3.05, 3.63) is 58.6 Å². The van der Waals surface area contributed by atoms with Gasteiger partial charge < -0.3 is 18.9 Å². The minimum absolute atomic E-state index is 0.125. The molecule has 0 radical (unpaired) electrons. The fourth-order valence-electron chi connectivity index (χ4n) is 4.09. The molecule has 2 aromatic carbocycles. The van der Waals surface area contributed by atoms with Crippen molar-refractivity contribution < 1.29 is 47.7 Å². The van der Waals surface area contributed by atoms with Crippen LogP contribution in [0, 0.1) is 0 Å². The molecule has 0 N–H and O–H groups in total. The van der Waals surface area contributed by atoms with Gasteiger partial charge in [0.2, 0.25) is 23.6 Å². The van der Waals surface area contributed by atoms with Crippen molar-refractivity contribution in [1.82, 2.24) is 19.6 Å². The number of carbonyl (C=O) groups is 6. The van der Waals surface area contributed by atoms with E-state index in [-0.39, 0.29) is 39.3 Å². The number of carbonyl (C=O) groups excluding carboxylic acids is 6. The van der Waals surface area contributed by atoms with Crippen LogP contribution < -0.4 is 9.47 Å². The predicted octanol–water partition coefficient (Wildman–Crippen LogP) is 0.794. The van der Waals surface area contributed by atoms with E-state index < -0.39 is 62.2 Å². The van der Waals surface area contributed by atoms with Crippen LogP contribution in [0.4, 0.5) is 0 Å². The number of benzene rings is 2. The number of hydrogen-bond acceptors (Lipinski definition) is 12. The minimum atomic E-state index is -0.766. The second-order valence-electron chi connectivity index (χ2n) is 9.63. The van der Waals surface area contributed by atoms with Crippen molar-refractivity contribution in [1.29, 1.82) is 0 Å². The zero-order chi connectivity index (χ0) is 31.6. The molecule has 2 heterocycles. The average Bonchev–Trinajstić information content (AvgIpc) is 2.98. The summed E-state index contributed by atoms with van der Waals surface area (Å²) in [6, 6.07) is 12.7. The van der Waals surface area contributed by atoms with E-state index in [9.17, 15) is 28.8 Å². The number of esters is 2. The molecule has 0 unspecified atom stereocenters. The number of ether oxygens (including phenoxy) is 4. The number of nitrogens with zero attached hydrogens (tertiary/aromatic N) is 4. The Labute approximate surface area is 261 Å². The van der Waals surface area contributed by atoms with Gasteiger partial charge in [0.05, 0.1) is 26.2 Å². The SMILES string of the molecule is O=C(COc1ccc(Cl)cc1)OCN1C(=O)CN(CCN2CC(=O)N(COC(=O)COc3ccc(Cl)cc3)C(=O)C2)CC1=O. The summed E-state index contributed by atoms with van der Waals surface area (Å²) in [6.07, 6.45) is 0. The quantitative estimate of drug-likeness (QED) is 0.223. The lowest BCUT2D eigenvalue weighted by Gasteiger charge is -2.35. The second-order valence-corrected chi connectivity index (χ2v) is 10.5. The highest BCUT2D eigenvalue weighted by Gasteiger charge is 2.34. The fourth-order valence-corrected chi connectivity index (χ4v) is 4.34. The van der Waals surface area contributed by atoms with Crippen molar-refractivity contribution in [3.8, 4) is 11.5 Å². The summed E-state index contributed by atoms with van der Waals surface area (Å²) in [4.78, 5) is 79.0. The largest absolute Gasteiger partial charge is 0.482 e. The first-order valence-corrected chi connectivity index (χ1v) is 14.0. The van der Waals surface area contributed by atoms with Crippen LogP contribution in [0.15, 0.2) is 48.5 Å². The monoisotopic (exact) mass is 650 g/mol. The van der Waals surface area contributed by atoms with Gasteiger partial charge in [-0.2, -0.15) is 0 Å². The molecule has 4 rings (SSSR count). The topological polar surface area (TPSA) is 152 Å². The average molecular weight is 651 g/mol. The molecule has 14 nitrogen and oxygen atoms in total. The van der Waals surface area contributed by atoms with Gasteiger partial charge in [-0.25, -0.2) is 19.4 Å². The maximum Gasteiger partial charge on any atom is 0.345 e. The summed E-state index contributed by atoms with van der Waals surface area (Å²) in [5.41, 5.74) is 0. The van der Waals surface area contributed by atoms with Crippen LogP contribution in [0.25, 0.3) is 0 Å². The molecule has 0 atom stereocenters. The van der Waals surface area contributed by atoms with Gasteiger partial charge in [-0.1, -0.05) is 23.2 Å². The zero-order valence-electron chi connectivity index (χ0n) is 23.3. The summed E-state index contributed by atoms with van der Waals surface area (Å²) < 4.78 is 20.6. The Morgan fingerprint density at radius 1 is 0.568 bits per heavy atom. The summed E-state index contributed by atoms with van der Waals surface area (Å²) >= 11 is 11.6. The molecule has 0 spiro atoms.